The van der Waals surface area contributed by atoms with Gasteiger partial charge in [-0.15, -0.1) is 11.8 Å². The molecule has 134 valence electrons. The molecular weight excluding hydrogens is 350 g/mol. The van der Waals surface area contributed by atoms with Gasteiger partial charge in [-0.25, -0.2) is 14.8 Å². The van der Waals surface area contributed by atoms with Crippen molar-refractivity contribution in [2.45, 2.75) is 17.4 Å². The van der Waals surface area contributed by atoms with Crippen molar-refractivity contribution in [1.82, 2.24) is 29.6 Å². The summed E-state index contributed by atoms with van der Waals surface area (Å²) >= 11 is 1.61. The predicted octanol–water partition coefficient (Wildman–Crippen LogP) is 2.44. The summed E-state index contributed by atoms with van der Waals surface area (Å²) in [6.45, 7) is 0.583. The fourth-order valence-electron chi connectivity index (χ4n) is 3.20. The maximum Gasteiger partial charge on any atom is 0.323 e. The van der Waals surface area contributed by atoms with Crippen LogP contribution in [-0.2, 0) is 13.5 Å². The second-order valence-electron chi connectivity index (χ2n) is 6.01. The molecule has 2 N–H and O–H groups in total. The minimum absolute atomic E-state index is 0.200. The van der Waals surface area contributed by atoms with Gasteiger partial charge in [-0.3, -0.25) is 10.00 Å². The van der Waals surface area contributed by atoms with Gasteiger partial charge in [-0.05, 0) is 24.5 Å². The van der Waals surface area contributed by atoms with Crippen LogP contribution >= 0.6 is 11.8 Å². The Labute approximate surface area is 155 Å². The van der Waals surface area contributed by atoms with Gasteiger partial charge in [0.15, 0.2) is 0 Å². The molecule has 3 aromatic heterocycles. The SMILES string of the molecule is CSc1ccc(NC(=O)N2CCc3[nH]cnc3[C@@H]2c2ccnn2C)nc1. The van der Waals surface area contributed by atoms with E-state index in [0.29, 0.717) is 12.4 Å². The zero-order chi connectivity index (χ0) is 18.1. The third kappa shape index (κ3) is 2.94. The molecule has 0 fully saturated rings. The summed E-state index contributed by atoms with van der Waals surface area (Å²) in [6, 6.07) is 5.18. The third-order valence-electron chi connectivity index (χ3n) is 4.53. The molecule has 0 saturated carbocycles. The van der Waals surface area contributed by atoms with Gasteiger partial charge >= 0.3 is 6.03 Å². The van der Waals surface area contributed by atoms with E-state index in [9.17, 15) is 4.79 Å². The zero-order valence-electron chi connectivity index (χ0n) is 14.5. The van der Waals surface area contributed by atoms with E-state index in [2.05, 4.69) is 25.4 Å². The van der Waals surface area contributed by atoms with Gasteiger partial charge in [0.1, 0.15) is 11.9 Å². The average Bonchev–Trinajstić information content (AvgIpc) is 3.30. The number of carbonyl (C=O) groups is 1. The fraction of sp³-hybridized carbons (Fsp3) is 0.294. The lowest BCUT2D eigenvalue weighted by molar-refractivity contribution is 0.189. The van der Waals surface area contributed by atoms with Crippen molar-refractivity contribution in [2.24, 2.45) is 7.05 Å². The molecule has 1 aliphatic rings. The monoisotopic (exact) mass is 369 g/mol. The number of rotatable bonds is 3. The Morgan fingerprint density at radius 1 is 1.35 bits per heavy atom. The van der Waals surface area contributed by atoms with E-state index in [1.54, 1.807) is 40.1 Å². The van der Waals surface area contributed by atoms with Crippen molar-refractivity contribution in [2.75, 3.05) is 18.1 Å². The van der Waals surface area contributed by atoms with Crippen molar-refractivity contribution in [1.29, 1.82) is 0 Å². The number of hydrogen-bond donors (Lipinski definition) is 2. The number of hydrogen-bond acceptors (Lipinski definition) is 5. The summed E-state index contributed by atoms with van der Waals surface area (Å²) in [4.78, 5) is 27.7. The first kappa shape index (κ1) is 16.6. The van der Waals surface area contributed by atoms with Crippen LogP contribution in [0.1, 0.15) is 23.1 Å². The summed E-state index contributed by atoms with van der Waals surface area (Å²) in [5, 5.41) is 7.15. The molecule has 4 rings (SSSR count). The van der Waals surface area contributed by atoms with Crippen LogP contribution in [0.5, 0.6) is 0 Å². The lowest BCUT2D eigenvalue weighted by Crippen LogP contribution is -2.43. The molecule has 2 amide bonds. The Bertz CT molecular complexity index is 917. The number of H-pyrrole nitrogens is 1. The number of amides is 2. The Balaban J connectivity index is 1.63. The van der Waals surface area contributed by atoms with Gasteiger partial charge in [0.25, 0.3) is 0 Å². The first-order valence-corrected chi connectivity index (χ1v) is 9.47. The number of carbonyl (C=O) groups excluding carboxylic acids is 1. The van der Waals surface area contributed by atoms with Crippen molar-refractivity contribution < 1.29 is 4.79 Å². The molecule has 0 bridgehead atoms. The summed E-state index contributed by atoms with van der Waals surface area (Å²) in [7, 11) is 1.87. The number of thioether (sulfide) groups is 1. The molecule has 0 saturated heterocycles. The van der Waals surface area contributed by atoms with Crippen LogP contribution in [0.25, 0.3) is 0 Å². The largest absolute Gasteiger partial charge is 0.348 e. The Morgan fingerprint density at radius 2 is 2.23 bits per heavy atom. The predicted molar refractivity (Wildman–Crippen MR) is 99.1 cm³/mol. The second-order valence-corrected chi connectivity index (χ2v) is 6.89. The summed E-state index contributed by atoms with van der Waals surface area (Å²) in [5.41, 5.74) is 2.84. The van der Waals surface area contributed by atoms with Gasteiger partial charge in [0.2, 0.25) is 0 Å². The maximum absolute atomic E-state index is 13.0. The Kier molecular flexibility index (Phi) is 4.37. The van der Waals surface area contributed by atoms with E-state index in [-0.39, 0.29) is 12.1 Å². The average molecular weight is 369 g/mol. The van der Waals surface area contributed by atoms with Crippen molar-refractivity contribution in [3.05, 3.63) is 54.0 Å². The number of imidazole rings is 1. The molecule has 0 unspecified atom stereocenters. The van der Waals surface area contributed by atoms with Crippen LogP contribution in [0.4, 0.5) is 10.6 Å². The van der Waals surface area contributed by atoms with Gasteiger partial charge in [0, 0.05) is 43.0 Å². The van der Waals surface area contributed by atoms with Crippen LogP contribution in [0.2, 0.25) is 0 Å². The van der Waals surface area contributed by atoms with Crippen molar-refractivity contribution >= 4 is 23.6 Å². The molecule has 0 aliphatic carbocycles. The van der Waals surface area contributed by atoms with E-state index in [4.69, 9.17) is 0 Å². The fourth-order valence-corrected chi connectivity index (χ4v) is 3.57. The lowest BCUT2D eigenvalue weighted by Gasteiger charge is -2.34. The number of nitrogens with one attached hydrogen (secondary N) is 2. The van der Waals surface area contributed by atoms with Crippen LogP contribution < -0.4 is 5.32 Å². The first-order valence-electron chi connectivity index (χ1n) is 8.25. The van der Waals surface area contributed by atoms with Gasteiger partial charge in [-0.1, -0.05) is 0 Å². The molecule has 3 aromatic rings. The van der Waals surface area contributed by atoms with Crippen molar-refractivity contribution in [3.63, 3.8) is 0 Å². The normalized spacial score (nSPS) is 16.4. The quantitative estimate of drug-likeness (QED) is 0.692. The molecule has 1 atom stereocenters. The van der Waals surface area contributed by atoms with Gasteiger partial charge < -0.3 is 9.88 Å². The number of pyridine rings is 1. The van der Waals surface area contributed by atoms with Gasteiger partial charge in [-0.2, -0.15) is 5.10 Å². The Morgan fingerprint density at radius 3 is 2.92 bits per heavy atom. The van der Waals surface area contributed by atoms with E-state index >= 15 is 0 Å². The molecular formula is C17H19N7OS. The molecule has 26 heavy (non-hydrogen) atoms. The van der Waals surface area contributed by atoms with Crippen LogP contribution in [0.15, 0.2) is 41.8 Å². The minimum Gasteiger partial charge on any atom is -0.348 e. The molecule has 8 nitrogen and oxygen atoms in total. The summed E-state index contributed by atoms with van der Waals surface area (Å²) in [5.74, 6) is 0.532. The first-order chi connectivity index (χ1) is 12.7. The number of nitrogens with zero attached hydrogens (tertiary/aromatic N) is 5. The molecule has 0 radical (unpaired) electrons. The highest BCUT2D eigenvalue weighted by atomic mass is 32.2. The van der Waals surface area contributed by atoms with E-state index in [1.165, 1.54) is 0 Å². The molecule has 1 aliphatic heterocycles. The van der Waals surface area contributed by atoms with Gasteiger partial charge in [0.05, 0.1) is 17.7 Å². The lowest BCUT2D eigenvalue weighted by atomic mass is 10.0. The standard InChI is InChI=1S/C17H19N7OS/c1-23-13(5-7-21-23)16-15-12(19-10-20-15)6-8-24(16)17(25)22-14-4-3-11(26-2)9-18-14/h3-5,7,9-10,16H,6,8H2,1-2H3,(H,19,20)(H,18,22,25)/t16-/m0/s1. The molecule has 0 aromatic carbocycles. The smallest absolute Gasteiger partial charge is 0.323 e. The second kappa shape index (κ2) is 6.83. The van der Waals surface area contributed by atoms with E-state index in [1.807, 2.05) is 31.5 Å². The van der Waals surface area contributed by atoms with Crippen LogP contribution in [0.3, 0.4) is 0 Å². The summed E-state index contributed by atoms with van der Waals surface area (Å²) < 4.78 is 1.78. The van der Waals surface area contributed by atoms with E-state index in [0.717, 1.165) is 28.4 Å². The van der Waals surface area contributed by atoms with Crippen molar-refractivity contribution in [3.8, 4) is 0 Å². The number of aromatic amines is 1. The molecule has 0 spiro atoms. The van der Waals surface area contributed by atoms with Crippen LogP contribution in [0, 0.1) is 0 Å². The molecule has 4 heterocycles. The molecule has 9 heteroatoms. The van der Waals surface area contributed by atoms with Crippen LogP contribution in [-0.4, -0.2) is 48.5 Å². The number of urea groups is 1. The minimum atomic E-state index is -0.289. The van der Waals surface area contributed by atoms with E-state index < -0.39 is 0 Å². The summed E-state index contributed by atoms with van der Waals surface area (Å²) in [6.07, 6.45) is 7.88. The zero-order valence-corrected chi connectivity index (χ0v) is 15.3. The number of aryl methyl sites for hydroxylation is 1. The highest BCUT2D eigenvalue weighted by Crippen LogP contribution is 2.33. The number of anilines is 1. The maximum atomic E-state index is 13.0. The highest BCUT2D eigenvalue weighted by molar-refractivity contribution is 7.98. The number of aromatic nitrogens is 5. The third-order valence-corrected chi connectivity index (χ3v) is 5.24. The Hall–Kier alpha value is -2.81. The topological polar surface area (TPSA) is 91.7 Å². The highest BCUT2D eigenvalue weighted by Gasteiger charge is 2.35. The number of fused-ring (bicyclic) bond motifs is 1.